The van der Waals surface area contributed by atoms with E-state index < -0.39 is 0 Å². The van der Waals surface area contributed by atoms with Crippen molar-refractivity contribution in [3.8, 4) is 0 Å². The van der Waals surface area contributed by atoms with E-state index in [4.69, 9.17) is 4.74 Å². The molecular formula is C25H30BrFN2O2. The molecule has 0 bridgehead atoms. The molecule has 0 aromatic heterocycles. The number of carbonyl (C=O) groups is 1. The van der Waals surface area contributed by atoms with Gasteiger partial charge in [-0.15, -0.1) is 0 Å². The number of piperidine rings is 1. The summed E-state index contributed by atoms with van der Waals surface area (Å²) >= 11 is 3.59. The minimum Gasteiger partial charge on any atom is -0.373 e. The van der Waals surface area contributed by atoms with Crippen molar-refractivity contribution in [2.75, 3.05) is 32.7 Å². The topological polar surface area (TPSA) is 32.8 Å². The van der Waals surface area contributed by atoms with Crippen molar-refractivity contribution in [2.24, 2.45) is 0 Å². The molecule has 4 nitrogen and oxygen atoms in total. The van der Waals surface area contributed by atoms with Crippen LogP contribution in [0.3, 0.4) is 0 Å². The Hall–Kier alpha value is -1.76. The van der Waals surface area contributed by atoms with Crippen LogP contribution in [0.1, 0.15) is 41.9 Å². The lowest BCUT2D eigenvalue weighted by Crippen LogP contribution is -2.48. The molecule has 2 aromatic rings. The number of nitrogens with zero attached hydrogens (tertiary/aromatic N) is 2. The van der Waals surface area contributed by atoms with Crippen LogP contribution < -0.4 is 0 Å². The Labute approximate surface area is 192 Å². The Kier molecular flexibility index (Phi) is 7.41. The zero-order valence-corrected chi connectivity index (χ0v) is 19.6. The predicted octanol–water partition coefficient (Wildman–Crippen LogP) is 4.89. The summed E-state index contributed by atoms with van der Waals surface area (Å²) in [5.41, 5.74) is 3.08. The van der Waals surface area contributed by atoms with Crippen molar-refractivity contribution < 1.29 is 13.9 Å². The molecule has 2 atom stereocenters. The summed E-state index contributed by atoms with van der Waals surface area (Å²) in [6, 6.07) is 13.0. The second kappa shape index (κ2) is 10.2. The minimum atomic E-state index is -0.232. The standard InChI is InChI=1S/C25H30BrFN2O2/c1-18-14-20(27)8-9-21(18)22-15-29(25(30)16-28-11-4-5-12-28)13-10-24(22)31-17-19-6-2-3-7-23(19)26/h2-3,6-9,14,22,24H,4-5,10-13,15-17H2,1H3. The van der Waals surface area contributed by atoms with Gasteiger partial charge in [-0.3, -0.25) is 9.69 Å². The number of rotatable bonds is 6. The molecule has 0 aliphatic carbocycles. The van der Waals surface area contributed by atoms with Crippen LogP contribution in [0.25, 0.3) is 0 Å². The average Bonchev–Trinajstić information content (AvgIpc) is 3.26. The number of aryl methyl sites for hydroxylation is 1. The maximum atomic E-state index is 13.8. The second-order valence-electron chi connectivity index (χ2n) is 8.66. The molecule has 2 heterocycles. The zero-order chi connectivity index (χ0) is 21.8. The Morgan fingerprint density at radius 3 is 2.68 bits per heavy atom. The fraction of sp³-hybridized carbons (Fsp3) is 0.480. The lowest BCUT2D eigenvalue weighted by molar-refractivity contribution is -0.135. The summed E-state index contributed by atoms with van der Waals surface area (Å²) in [6.07, 6.45) is 3.11. The van der Waals surface area contributed by atoms with E-state index in [0.717, 1.165) is 40.7 Å². The summed E-state index contributed by atoms with van der Waals surface area (Å²) in [5, 5.41) is 0. The van der Waals surface area contributed by atoms with Gasteiger partial charge in [-0.1, -0.05) is 40.2 Å². The van der Waals surface area contributed by atoms with Gasteiger partial charge >= 0.3 is 0 Å². The van der Waals surface area contributed by atoms with Crippen molar-refractivity contribution in [3.05, 3.63) is 69.4 Å². The van der Waals surface area contributed by atoms with Gasteiger partial charge < -0.3 is 9.64 Å². The predicted molar refractivity (Wildman–Crippen MR) is 123 cm³/mol. The van der Waals surface area contributed by atoms with E-state index in [2.05, 4.69) is 26.9 Å². The number of benzene rings is 2. The number of halogens is 2. The number of hydrogen-bond acceptors (Lipinski definition) is 3. The van der Waals surface area contributed by atoms with Gasteiger partial charge in [0.1, 0.15) is 5.82 Å². The third-order valence-corrected chi connectivity index (χ3v) is 7.28. The number of carbonyl (C=O) groups excluding carboxylic acids is 1. The van der Waals surface area contributed by atoms with Crippen LogP contribution in [0.4, 0.5) is 4.39 Å². The quantitative estimate of drug-likeness (QED) is 0.579. The molecule has 6 heteroatoms. The fourth-order valence-corrected chi connectivity index (χ4v) is 5.15. The highest BCUT2D eigenvalue weighted by Gasteiger charge is 2.34. The summed E-state index contributed by atoms with van der Waals surface area (Å²) < 4.78 is 21.2. The van der Waals surface area contributed by atoms with Crippen molar-refractivity contribution in [3.63, 3.8) is 0 Å². The van der Waals surface area contributed by atoms with E-state index in [1.807, 2.05) is 36.1 Å². The van der Waals surface area contributed by atoms with E-state index >= 15 is 0 Å². The van der Waals surface area contributed by atoms with E-state index in [1.54, 1.807) is 6.07 Å². The van der Waals surface area contributed by atoms with E-state index in [1.165, 1.54) is 18.9 Å². The van der Waals surface area contributed by atoms with Gasteiger partial charge in [0.15, 0.2) is 0 Å². The molecule has 2 aromatic carbocycles. The fourth-order valence-electron chi connectivity index (χ4n) is 4.75. The molecule has 2 saturated heterocycles. The van der Waals surface area contributed by atoms with Gasteiger partial charge in [0.2, 0.25) is 5.91 Å². The molecular weight excluding hydrogens is 459 g/mol. The van der Waals surface area contributed by atoms with E-state index in [-0.39, 0.29) is 23.7 Å². The van der Waals surface area contributed by atoms with Crippen molar-refractivity contribution in [2.45, 2.75) is 44.8 Å². The summed E-state index contributed by atoms with van der Waals surface area (Å²) in [4.78, 5) is 17.2. The molecule has 0 saturated carbocycles. The first-order valence-corrected chi connectivity index (χ1v) is 11.9. The first-order chi connectivity index (χ1) is 15.0. The largest absolute Gasteiger partial charge is 0.373 e. The summed E-state index contributed by atoms with van der Waals surface area (Å²) in [7, 11) is 0. The van der Waals surface area contributed by atoms with Gasteiger partial charge in [-0.2, -0.15) is 0 Å². The smallest absolute Gasteiger partial charge is 0.236 e. The number of hydrogen-bond donors (Lipinski definition) is 0. The Morgan fingerprint density at radius 2 is 1.94 bits per heavy atom. The van der Waals surface area contributed by atoms with E-state index in [9.17, 15) is 9.18 Å². The molecule has 31 heavy (non-hydrogen) atoms. The van der Waals surface area contributed by atoms with Gasteiger partial charge in [0.25, 0.3) is 0 Å². The highest BCUT2D eigenvalue weighted by molar-refractivity contribution is 9.10. The average molecular weight is 489 g/mol. The summed E-state index contributed by atoms with van der Waals surface area (Å²) in [5.74, 6) is -0.0139. The van der Waals surface area contributed by atoms with E-state index in [0.29, 0.717) is 26.2 Å². The van der Waals surface area contributed by atoms with Crippen LogP contribution in [0.5, 0.6) is 0 Å². The lowest BCUT2D eigenvalue weighted by atomic mass is 9.85. The van der Waals surface area contributed by atoms with Crippen LogP contribution in [-0.2, 0) is 16.1 Å². The number of ether oxygens (including phenoxy) is 1. The molecule has 2 aliphatic heterocycles. The Bertz CT molecular complexity index is 916. The van der Waals surface area contributed by atoms with Gasteiger partial charge in [0, 0.05) is 23.5 Å². The highest BCUT2D eigenvalue weighted by atomic mass is 79.9. The molecule has 2 fully saturated rings. The molecule has 0 N–H and O–H groups in total. The van der Waals surface area contributed by atoms with Crippen LogP contribution in [0.15, 0.2) is 46.9 Å². The van der Waals surface area contributed by atoms with Gasteiger partial charge in [-0.25, -0.2) is 4.39 Å². The molecule has 1 amide bonds. The van der Waals surface area contributed by atoms with Crippen LogP contribution in [-0.4, -0.2) is 54.5 Å². The van der Waals surface area contributed by atoms with Gasteiger partial charge in [-0.05, 0) is 74.2 Å². The van der Waals surface area contributed by atoms with Gasteiger partial charge in [0.05, 0.1) is 19.3 Å². The number of amides is 1. The lowest BCUT2D eigenvalue weighted by Gasteiger charge is -2.40. The Morgan fingerprint density at radius 1 is 1.16 bits per heavy atom. The zero-order valence-electron chi connectivity index (χ0n) is 18.0. The molecule has 166 valence electrons. The maximum absolute atomic E-state index is 13.8. The molecule has 0 spiro atoms. The Balaban J connectivity index is 1.50. The molecule has 2 aliphatic rings. The molecule has 0 radical (unpaired) electrons. The highest BCUT2D eigenvalue weighted by Crippen LogP contribution is 2.33. The maximum Gasteiger partial charge on any atom is 0.236 e. The third kappa shape index (κ3) is 5.54. The first-order valence-electron chi connectivity index (χ1n) is 11.1. The van der Waals surface area contributed by atoms with Crippen molar-refractivity contribution in [1.82, 2.24) is 9.80 Å². The van der Waals surface area contributed by atoms with Crippen LogP contribution in [0, 0.1) is 12.7 Å². The monoisotopic (exact) mass is 488 g/mol. The van der Waals surface area contributed by atoms with Crippen molar-refractivity contribution >= 4 is 21.8 Å². The minimum absolute atomic E-state index is 0.0212. The third-order valence-electron chi connectivity index (χ3n) is 6.50. The molecule has 2 unspecified atom stereocenters. The molecule has 4 rings (SSSR count). The second-order valence-corrected chi connectivity index (χ2v) is 9.51. The van der Waals surface area contributed by atoms with Crippen LogP contribution >= 0.6 is 15.9 Å². The summed E-state index contributed by atoms with van der Waals surface area (Å²) in [6.45, 7) is 6.27. The SMILES string of the molecule is Cc1cc(F)ccc1C1CN(C(=O)CN2CCCC2)CCC1OCc1ccccc1Br. The first kappa shape index (κ1) is 22.4. The number of likely N-dealkylation sites (tertiary alicyclic amines) is 2. The van der Waals surface area contributed by atoms with Crippen LogP contribution in [0.2, 0.25) is 0 Å². The normalized spacial score (nSPS) is 22.1. The van der Waals surface area contributed by atoms with Crippen molar-refractivity contribution in [1.29, 1.82) is 0 Å².